The van der Waals surface area contributed by atoms with Gasteiger partial charge < -0.3 is 19.7 Å². The van der Waals surface area contributed by atoms with E-state index in [1.807, 2.05) is 68.4 Å². The smallest absolute Gasteiger partial charge is 0.243 e. The lowest BCUT2D eigenvalue weighted by atomic mass is 10.0. The van der Waals surface area contributed by atoms with Crippen molar-refractivity contribution in [3.8, 4) is 11.5 Å². The van der Waals surface area contributed by atoms with E-state index in [1.165, 1.54) is 12.1 Å². The van der Waals surface area contributed by atoms with E-state index in [4.69, 9.17) is 9.47 Å². The van der Waals surface area contributed by atoms with Gasteiger partial charge >= 0.3 is 0 Å². The monoisotopic (exact) mass is 520 g/mol. The number of nitrogens with zero attached hydrogens (tertiary/aromatic N) is 1. The Labute approximate surface area is 224 Å². The third-order valence-electron chi connectivity index (χ3n) is 6.08. The fourth-order valence-electron chi connectivity index (χ4n) is 3.99. The number of hydrogen-bond acceptors (Lipinski definition) is 4. The second-order valence-electron chi connectivity index (χ2n) is 9.62. The normalized spacial score (nSPS) is 11.6. The third-order valence-corrected chi connectivity index (χ3v) is 6.08. The van der Waals surface area contributed by atoms with Crippen LogP contribution < -0.4 is 14.8 Å². The summed E-state index contributed by atoms with van der Waals surface area (Å²) in [6, 6.07) is 22.2. The fraction of sp³-hybridized carbons (Fsp3) is 0.355. The molecule has 1 N–H and O–H groups in total. The van der Waals surface area contributed by atoms with Gasteiger partial charge in [0.2, 0.25) is 11.8 Å². The molecular formula is C31H37FN2O4. The molecule has 3 aromatic rings. The predicted molar refractivity (Wildman–Crippen MR) is 146 cm³/mol. The van der Waals surface area contributed by atoms with Crippen LogP contribution in [0.4, 0.5) is 4.39 Å². The summed E-state index contributed by atoms with van der Waals surface area (Å²) >= 11 is 0. The molecule has 0 aromatic heterocycles. The number of benzene rings is 3. The second-order valence-corrected chi connectivity index (χ2v) is 9.62. The quantitative estimate of drug-likeness (QED) is 0.289. The van der Waals surface area contributed by atoms with E-state index in [0.717, 1.165) is 16.9 Å². The van der Waals surface area contributed by atoms with E-state index < -0.39 is 6.04 Å². The largest absolute Gasteiger partial charge is 0.497 e. The molecule has 1 atom stereocenters. The number of halogens is 1. The lowest BCUT2D eigenvalue weighted by molar-refractivity contribution is -0.141. The van der Waals surface area contributed by atoms with Crippen LogP contribution in [0.25, 0.3) is 0 Å². The van der Waals surface area contributed by atoms with E-state index >= 15 is 0 Å². The van der Waals surface area contributed by atoms with Crippen molar-refractivity contribution in [2.24, 2.45) is 5.92 Å². The maximum atomic E-state index is 13.6. The first kappa shape index (κ1) is 28.7. The number of carbonyl (C=O) groups is 2. The Morgan fingerprint density at radius 3 is 2.18 bits per heavy atom. The number of hydrogen-bond donors (Lipinski definition) is 1. The first-order chi connectivity index (χ1) is 18.4. The highest BCUT2D eigenvalue weighted by atomic mass is 19.1. The van der Waals surface area contributed by atoms with Crippen LogP contribution in [0.5, 0.6) is 11.5 Å². The molecule has 0 saturated heterocycles. The van der Waals surface area contributed by atoms with Crippen LogP contribution in [-0.4, -0.2) is 43.0 Å². The SMILES string of the molecule is COc1ccc(OCCCC(=O)N(Cc2ccc(F)cc2)C(Cc2ccccc2)C(=O)NCC(C)C)cc1. The zero-order chi connectivity index (χ0) is 27.3. The zero-order valence-electron chi connectivity index (χ0n) is 22.4. The summed E-state index contributed by atoms with van der Waals surface area (Å²) < 4.78 is 24.5. The lowest BCUT2D eigenvalue weighted by Crippen LogP contribution is -2.51. The van der Waals surface area contributed by atoms with Gasteiger partial charge in [0, 0.05) is 25.9 Å². The Balaban J connectivity index is 1.76. The first-order valence-electron chi connectivity index (χ1n) is 13.0. The van der Waals surface area contributed by atoms with Crippen LogP contribution in [-0.2, 0) is 22.6 Å². The van der Waals surface area contributed by atoms with Crippen molar-refractivity contribution < 1.29 is 23.5 Å². The molecule has 0 spiro atoms. The van der Waals surface area contributed by atoms with Crippen molar-refractivity contribution in [1.82, 2.24) is 10.2 Å². The highest BCUT2D eigenvalue weighted by Gasteiger charge is 2.30. The summed E-state index contributed by atoms with van der Waals surface area (Å²) in [5.41, 5.74) is 1.71. The van der Waals surface area contributed by atoms with Gasteiger partial charge in [0.1, 0.15) is 23.4 Å². The Morgan fingerprint density at radius 1 is 0.895 bits per heavy atom. The van der Waals surface area contributed by atoms with Crippen LogP contribution in [0.1, 0.15) is 37.8 Å². The summed E-state index contributed by atoms with van der Waals surface area (Å²) in [5.74, 6) is 0.992. The minimum atomic E-state index is -0.712. The lowest BCUT2D eigenvalue weighted by Gasteiger charge is -2.32. The van der Waals surface area contributed by atoms with E-state index in [1.54, 1.807) is 24.1 Å². The molecule has 6 nitrogen and oxygen atoms in total. The van der Waals surface area contributed by atoms with Crippen molar-refractivity contribution in [3.63, 3.8) is 0 Å². The summed E-state index contributed by atoms with van der Waals surface area (Å²) in [5, 5.41) is 3.00. The number of methoxy groups -OCH3 is 1. The highest BCUT2D eigenvalue weighted by molar-refractivity contribution is 5.88. The van der Waals surface area contributed by atoms with Gasteiger partial charge in [0.25, 0.3) is 0 Å². The Morgan fingerprint density at radius 2 is 1.55 bits per heavy atom. The molecule has 202 valence electrons. The summed E-state index contributed by atoms with van der Waals surface area (Å²) in [4.78, 5) is 28.6. The standard InChI is InChI=1S/C31H37FN2O4/c1-23(2)21-33-31(36)29(20-24-8-5-4-6-9-24)34(22-25-11-13-26(32)14-12-25)30(35)10-7-19-38-28-17-15-27(37-3)16-18-28/h4-6,8-9,11-18,23,29H,7,10,19-22H2,1-3H3,(H,33,36). The molecule has 0 aliphatic heterocycles. The van der Waals surface area contributed by atoms with Crippen LogP contribution in [0.3, 0.4) is 0 Å². The minimum absolute atomic E-state index is 0.159. The average Bonchev–Trinajstić information content (AvgIpc) is 2.93. The number of nitrogens with one attached hydrogen (secondary N) is 1. The van der Waals surface area contributed by atoms with Gasteiger partial charge in [0.15, 0.2) is 0 Å². The van der Waals surface area contributed by atoms with Gasteiger partial charge in [-0.3, -0.25) is 9.59 Å². The number of rotatable bonds is 14. The topological polar surface area (TPSA) is 67.9 Å². The maximum absolute atomic E-state index is 13.6. The summed E-state index contributed by atoms with van der Waals surface area (Å²) in [7, 11) is 1.60. The molecule has 0 aliphatic rings. The van der Waals surface area contributed by atoms with E-state index in [2.05, 4.69) is 5.32 Å². The molecule has 0 saturated carbocycles. The Kier molecular flexibility index (Phi) is 11.1. The van der Waals surface area contributed by atoms with Gasteiger partial charge in [0.05, 0.1) is 13.7 Å². The number of amides is 2. The van der Waals surface area contributed by atoms with Crippen molar-refractivity contribution in [2.45, 2.75) is 45.7 Å². The van der Waals surface area contributed by atoms with Crippen LogP contribution in [0, 0.1) is 11.7 Å². The number of carbonyl (C=O) groups excluding carboxylic acids is 2. The van der Waals surface area contributed by atoms with E-state index in [9.17, 15) is 14.0 Å². The molecule has 0 aliphatic carbocycles. The zero-order valence-corrected chi connectivity index (χ0v) is 22.4. The molecule has 3 rings (SSSR count). The van der Waals surface area contributed by atoms with Gasteiger partial charge in [-0.2, -0.15) is 0 Å². The minimum Gasteiger partial charge on any atom is -0.497 e. The fourth-order valence-corrected chi connectivity index (χ4v) is 3.99. The molecule has 1 unspecified atom stereocenters. The first-order valence-corrected chi connectivity index (χ1v) is 13.0. The van der Waals surface area contributed by atoms with Gasteiger partial charge in [-0.1, -0.05) is 56.3 Å². The molecular weight excluding hydrogens is 483 g/mol. The molecule has 7 heteroatoms. The number of ether oxygens (including phenoxy) is 2. The van der Waals surface area contributed by atoms with Gasteiger partial charge in [-0.15, -0.1) is 0 Å². The van der Waals surface area contributed by atoms with Crippen molar-refractivity contribution >= 4 is 11.8 Å². The van der Waals surface area contributed by atoms with Crippen LogP contribution in [0.2, 0.25) is 0 Å². The van der Waals surface area contributed by atoms with Crippen molar-refractivity contribution in [1.29, 1.82) is 0 Å². The summed E-state index contributed by atoms with van der Waals surface area (Å²) in [6.07, 6.45) is 1.07. The second kappa shape index (κ2) is 14.8. The molecule has 0 fully saturated rings. The average molecular weight is 521 g/mol. The maximum Gasteiger partial charge on any atom is 0.243 e. The Hall–Kier alpha value is -3.87. The molecule has 38 heavy (non-hydrogen) atoms. The molecule has 2 amide bonds. The van der Waals surface area contributed by atoms with Gasteiger partial charge in [-0.05, 0) is 59.9 Å². The van der Waals surface area contributed by atoms with E-state index in [-0.39, 0.29) is 36.5 Å². The van der Waals surface area contributed by atoms with Crippen LogP contribution in [0.15, 0.2) is 78.9 Å². The predicted octanol–water partition coefficient (Wildman–Crippen LogP) is 5.41. The van der Waals surface area contributed by atoms with Crippen molar-refractivity contribution in [2.75, 3.05) is 20.3 Å². The Bertz CT molecular complexity index is 1130. The van der Waals surface area contributed by atoms with Crippen molar-refractivity contribution in [3.05, 3.63) is 95.8 Å². The molecule has 0 bridgehead atoms. The third kappa shape index (κ3) is 9.21. The van der Waals surface area contributed by atoms with Gasteiger partial charge in [-0.25, -0.2) is 4.39 Å². The van der Waals surface area contributed by atoms with Crippen LogP contribution >= 0.6 is 0 Å². The molecule has 3 aromatic carbocycles. The molecule has 0 heterocycles. The highest BCUT2D eigenvalue weighted by Crippen LogP contribution is 2.19. The molecule has 0 radical (unpaired) electrons. The van der Waals surface area contributed by atoms with E-state index in [0.29, 0.717) is 31.7 Å². The summed E-state index contributed by atoms with van der Waals surface area (Å²) in [6.45, 7) is 5.11.